The van der Waals surface area contributed by atoms with E-state index in [2.05, 4.69) is 9.97 Å². The first-order chi connectivity index (χ1) is 8.88. The molecule has 4 nitrogen and oxygen atoms in total. The van der Waals surface area contributed by atoms with Crippen LogP contribution in [0.3, 0.4) is 0 Å². The van der Waals surface area contributed by atoms with Gasteiger partial charge >= 0.3 is 6.18 Å². The van der Waals surface area contributed by atoms with Gasteiger partial charge in [0, 0.05) is 11.8 Å². The number of benzene rings is 1. The molecule has 0 spiro atoms. The Kier molecular flexibility index (Phi) is 3.28. The van der Waals surface area contributed by atoms with Crippen LogP contribution in [0.2, 0.25) is 0 Å². The molecule has 0 fully saturated rings. The first-order valence-corrected chi connectivity index (χ1v) is 5.31. The van der Waals surface area contributed by atoms with Gasteiger partial charge < -0.3 is 10.5 Å². The molecule has 1 heterocycles. The molecule has 19 heavy (non-hydrogen) atoms. The van der Waals surface area contributed by atoms with E-state index in [9.17, 15) is 13.2 Å². The van der Waals surface area contributed by atoms with Crippen LogP contribution in [0.4, 0.5) is 19.1 Å². The molecule has 0 radical (unpaired) electrons. The fraction of sp³-hybridized carbons (Fsp3) is 0.167. The molecule has 0 aliphatic carbocycles. The Hall–Kier alpha value is -2.31. The molecule has 0 saturated carbocycles. The predicted molar refractivity (Wildman–Crippen MR) is 62.7 cm³/mol. The first kappa shape index (κ1) is 13.1. The fourth-order valence-electron chi connectivity index (χ4n) is 1.44. The second-order valence-electron chi connectivity index (χ2n) is 3.81. The third-order valence-electron chi connectivity index (χ3n) is 2.34. The van der Waals surface area contributed by atoms with Gasteiger partial charge in [0.05, 0.1) is 5.56 Å². The number of rotatable bonds is 2. The average molecular weight is 269 g/mol. The van der Waals surface area contributed by atoms with Crippen molar-refractivity contribution in [1.82, 2.24) is 9.97 Å². The molecule has 2 N–H and O–H groups in total. The van der Waals surface area contributed by atoms with Crippen molar-refractivity contribution >= 4 is 5.95 Å². The number of para-hydroxylation sites is 1. The molecule has 0 amide bonds. The number of hydrogen-bond donors (Lipinski definition) is 1. The largest absolute Gasteiger partial charge is 0.438 e. The molecule has 0 unspecified atom stereocenters. The van der Waals surface area contributed by atoms with Gasteiger partial charge in [-0.1, -0.05) is 12.1 Å². The lowest BCUT2D eigenvalue weighted by Gasteiger charge is -2.13. The number of halogens is 3. The highest BCUT2D eigenvalue weighted by Gasteiger charge is 2.34. The van der Waals surface area contributed by atoms with Gasteiger partial charge in [0.25, 0.3) is 0 Å². The summed E-state index contributed by atoms with van der Waals surface area (Å²) in [5.74, 6) is -0.384. The number of nitrogens with zero attached hydrogens (tertiary/aromatic N) is 2. The molecular formula is C12H10F3N3O. The van der Waals surface area contributed by atoms with Crippen LogP contribution in [0.1, 0.15) is 11.1 Å². The second-order valence-corrected chi connectivity index (χ2v) is 3.81. The normalized spacial score (nSPS) is 11.4. The maximum absolute atomic E-state index is 12.8. The van der Waals surface area contributed by atoms with Gasteiger partial charge in [0.2, 0.25) is 11.8 Å². The molecule has 0 atom stereocenters. The van der Waals surface area contributed by atoms with Gasteiger partial charge in [-0.15, -0.1) is 0 Å². The Balaban J connectivity index is 2.41. The summed E-state index contributed by atoms with van der Waals surface area (Å²) in [5.41, 5.74) is 5.00. The highest BCUT2D eigenvalue weighted by Crippen LogP contribution is 2.37. The van der Waals surface area contributed by atoms with Crippen LogP contribution in [0.5, 0.6) is 11.6 Å². The number of hydrogen-bond acceptors (Lipinski definition) is 4. The number of ether oxygens (including phenoxy) is 1. The Bertz CT molecular complexity index is 599. The van der Waals surface area contributed by atoms with E-state index in [0.29, 0.717) is 5.56 Å². The number of nitrogen functional groups attached to an aromatic ring is 1. The van der Waals surface area contributed by atoms with Crippen LogP contribution < -0.4 is 10.5 Å². The van der Waals surface area contributed by atoms with E-state index in [1.165, 1.54) is 24.4 Å². The zero-order valence-electron chi connectivity index (χ0n) is 9.90. The predicted octanol–water partition coefficient (Wildman–Crippen LogP) is 3.18. The summed E-state index contributed by atoms with van der Waals surface area (Å²) in [7, 11) is 0. The summed E-state index contributed by atoms with van der Waals surface area (Å²) >= 11 is 0. The van der Waals surface area contributed by atoms with Crippen LogP contribution in [-0.4, -0.2) is 9.97 Å². The Morgan fingerprint density at radius 1 is 1.21 bits per heavy atom. The maximum Gasteiger partial charge on any atom is 0.419 e. The molecule has 0 saturated heterocycles. The maximum atomic E-state index is 12.8. The third-order valence-corrected chi connectivity index (χ3v) is 2.34. The summed E-state index contributed by atoms with van der Waals surface area (Å²) < 4.78 is 43.6. The van der Waals surface area contributed by atoms with Crippen LogP contribution in [0.25, 0.3) is 0 Å². The molecule has 1 aromatic carbocycles. The molecule has 100 valence electrons. The topological polar surface area (TPSA) is 61.0 Å². The minimum atomic E-state index is -4.50. The quantitative estimate of drug-likeness (QED) is 0.909. The van der Waals surface area contributed by atoms with E-state index < -0.39 is 11.7 Å². The van der Waals surface area contributed by atoms with Crippen LogP contribution in [0.15, 0.2) is 30.5 Å². The van der Waals surface area contributed by atoms with E-state index in [4.69, 9.17) is 10.5 Å². The average Bonchev–Trinajstić information content (AvgIpc) is 2.33. The monoisotopic (exact) mass is 269 g/mol. The minimum Gasteiger partial charge on any atom is -0.438 e. The standard InChI is InChI=1S/C12H10F3N3O/c1-7-6-17-11(16)18-10(7)19-9-5-3-2-4-8(9)12(13,14)15/h2-6H,1H3,(H2,16,17,18). The number of anilines is 1. The van der Waals surface area contributed by atoms with Crippen molar-refractivity contribution in [2.24, 2.45) is 0 Å². The summed E-state index contributed by atoms with van der Waals surface area (Å²) in [6.45, 7) is 1.62. The molecule has 0 aliphatic rings. The van der Waals surface area contributed by atoms with Gasteiger partial charge in [-0.05, 0) is 19.1 Å². The number of alkyl halides is 3. The molecule has 2 aromatic rings. The minimum absolute atomic E-state index is 0.00389. The third kappa shape index (κ3) is 2.93. The zero-order chi connectivity index (χ0) is 14.0. The second kappa shape index (κ2) is 4.75. The Morgan fingerprint density at radius 3 is 2.58 bits per heavy atom. The Labute approximate surface area is 107 Å². The summed E-state index contributed by atoms with van der Waals surface area (Å²) in [5, 5.41) is 0. The molecule has 1 aromatic heterocycles. The van der Waals surface area contributed by atoms with Crippen molar-refractivity contribution in [2.75, 3.05) is 5.73 Å². The van der Waals surface area contributed by atoms with Crippen molar-refractivity contribution in [3.63, 3.8) is 0 Å². The molecular weight excluding hydrogens is 259 g/mol. The summed E-state index contributed by atoms with van der Waals surface area (Å²) in [6.07, 6.45) is -3.11. The highest BCUT2D eigenvalue weighted by molar-refractivity contribution is 5.40. The van der Waals surface area contributed by atoms with Gasteiger partial charge in [0.1, 0.15) is 5.75 Å². The summed E-state index contributed by atoms with van der Waals surface area (Å²) in [4.78, 5) is 7.48. The van der Waals surface area contributed by atoms with Crippen molar-refractivity contribution in [3.05, 3.63) is 41.6 Å². The lowest BCUT2D eigenvalue weighted by atomic mass is 10.2. The van der Waals surface area contributed by atoms with Crippen LogP contribution in [0, 0.1) is 6.92 Å². The van der Waals surface area contributed by atoms with E-state index in [0.717, 1.165) is 6.07 Å². The van der Waals surface area contributed by atoms with E-state index >= 15 is 0 Å². The van der Waals surface area contributed by atoms with Gasteiger partial charge in [-0.25, -0.2) is 4.98 Å². The van der Waals surface area contributed by atoms with Crippen molar-refractivity contribution in [3.8, 4) is 11.6 Å². The fourth-order valence-corrected chi connectivity index (χ4v) is 1.44. The van der Waals surface area contributed by atoms with Crippen molar-refractivity contribution in [2.45, 2.75) is 13.1 Å². The number of aromatic nitrogens is 2. The molecule has 7 heteroatoms. The smallest absolute Gasteiger partial charge is 0.419 e. The van der Waals surface area contributed by atoms with E-state index in [1.54, 1.807) is 6.92 Å². The van der Waals surface area contributed by atoms with Gasteiger partial charge in [-0.2, -0.15) is 18.2 Å². The lowest BCUT2D eigenvalue weighted by molar-refractivity contribution is -0.138. The first-order valence-electron chi connectivity index (χ1n) is 5.31. The SMILES string of the molecule is Cc1cnc(N)nc1Oc1ccccc1C(F)(F)F. The zero-order valence-corrected chi connectivity index (χ0v) is 9.90. The number of aryl methyl sites for hydroxylation is 1. The highest BCUT2D eigenvalue weighted by atomic mass is 19.4. The lowest BCUT2D eigenvalue weighted by Crippen LogP contribution is -2.08. The molecule has 2 rings (SSSR count). The molecule has 0 aliphatic heterocycles. The Morgan fingerprint density at radius 2 is 1.89 bits per heavy atom. The van der Waals surface area contributed by atoms with Crippen LogP contribution in [-0.2, 0) is 6.18 Å². The van der Waals surface area contributed by atoms with Gasteiger partial charge in [0.15, 0.2) is 0 Å². The summed E-state index contributed by atoms with van der Waals surface area (Å²) in [6, 6.07) is 4.90. The van der Waals surface area contributed by atoms with Crippen molar-refractivity contribution < 1.29 is 17.9 Å². The van der Waals surface area contributed by atoms with E-state index in [-0.39, 0.29) is 17.6 Å². The number of nitrogens with two attached hydrogens (primary N) is 1. The van der Waals surface area contributed by atoms with Gasteiger partial charge in [-0.3, -0.25) is 0 Å². The van der Waals surface area contributed by atoms with E-state index in [1.807, 2.05) is 0 Å². The van der Waals surface area contributed by atoms with Crippen LogP contribution >= 0.6 is 0 Å². The molecule has 0 bridgehead atoms. The van der Waals surface area contributed by atoms with Crippen molar-refractivity contribution in [1.29, 1.82) is 0 Å².